The van der Waals surface area contributed by atoms with Gasteiger partial charge in [-0.3, -0.25) is 0 Å². The van der Waals surface area contributed by atoms with Crippen LogP contribution in [0.3, 0.4) is 0 Å². The van der Waals surface area contributed by atoms with Crippen molar-refractivity contribution in [2.24, 2.45) is 10.9 Å². The van der Waals surface area contributed by atoms with Gasteiger partial charge in [0.25, 0.3) is 0 Å². The summed E-state index contributed by atoms with van der Waals surface area (Å²) in [5.74, 6) is 5.47. The second-order valence-corrected chi connectivity index (χ2v) is 2.34. The number of hydrogen-bond donors (Lipinski definition) is 1. The van der Waals surface area contributed by atoms with Crippen LogP contribution in [0.15, 0.2) is 35.4 Å². The summed E-state index contributed by atoms with van der Waals surface area (Å²) in [5.41, 5.74) is 1.69. The first kappa shape index (κ1) is 8.08. The first-order chi connectivity index (χ1) is 5.38. The molecule has 11 heavy (non-hydrogen) atoms. The zero-order valence-corrected chi connectivity index (χ0v) is 6.75. The molecule has 0 spiro atoms. The van der Waals surface area contributed by atoms with Crippen molar-refractivity contribution >= 4 is 17.3 Å². The van der Waals surface area contributed by atoms with Crippen molar-refractivity contribution in [1.82, 2.24) is 0 Å². The molecule has 0 amide bonds. The molecule has 0 aliphatic carbocycles. The summed E-state index contributed by atoms with van der Waals surface area (Å²) in [4.78, 5) is 0. The molecule has 0 saturated heterocycles. The maximum atomic E-state index is 5.59. The largest absolute Gasteiger partial charge is 0.323 e. The molecule has 0 heterocycles. The third-order valence-electron chi connectivity index (χ3n) is 1.39. The predicted molar refractivity (Wildman–Crippen MR) is 47.9 cm³/mol. The number of benzene rings is 1. The van der Waals surface area contributed by atoms with Crippen molar-refractivity contribution in [3.05, 3.63) is 35.9 Å². The summed E-state index contributed by atoms with van der Waals surface area (Å²) in [6, 6.07) is 9.63. The van der Waals surface area contributed by atoms with Crippen LogP contribution in [0.2, 0.25) is 0 Å². The van der Waals surface area contributed by atoms with Crippen molar-refractivity contribution in [2.45, 2.75) is 0 Å². The van der Waals surface area contributed by atoms with E-state index in [2.05, 4.69) is 5.10 Å². The van der Waals surface area contributed by atoms with Gasteiger partial charge >= 0.3 is 0 Å². The average Bonchev–Trinajstić information content (AvgIpc) is 2.09. The Hall–Kier alpha value is -1.02. The highest BCUT2D eigenvalue weighted by Crippen LogP contribution is 2.01. The minimum absolute atomic E-state index is 0.348. The van der Waals surface area contributed by atoms with Crippen LogP contribution in [0.25, 0.3) is 0 Å². The van der Waals surface area contributed by atoms with E-state index in [0.29, 0.717) is 11.6 Å². The highest BCUT2D eigenvalue weighted by Gasteiger charge is 1.98. The molecule has 0 atom stereocenters. The van der Waals surface area contributed by atoms with E-state index in [9.17, 15) is 0 Å². The van der Waals surface area contributed by atoms with E-state index in [1.165, 1.54) is 0 Å². The van der Waals surface area contributed by atoms with Crippen LogP contribution in [0.5, 0.6) is 0 Å². The maximum absolute atomic E-state index is 5.59. The topological polar surface area (TPSA) is 38.4 Å². The minimum Gasteiger partial charge on any atom is -0.323 e. The molecule has 0 bridgehead atoms. The molecule has 0 fully saturated rings. The molecule has 3 heteroatoms. The first-order valence-corrected chi connectivity index (χ1v) is 3.80. The third-order valence-corrected chi connectivity index (χ3v) is 1.64. The Balaban J connectivity index is 2.92. The van der Waals surface area contributed by atoms with Gasteiger partial charge < -0.3 is 5.84 Å². The van der Waals surface area contributed by atoms with Crippen LogP contribution >= 0.6 is 11.6 Å². The first-order valence-electron chi connectivity index (χ1n) is 3.26. The Morgan fingerprint density at radius 2 is 2.00 bits per heavy atom. The number of alkyl halides is 1. The van der Waals surface area contributed by atoms with E-state index in [0.717, 1.165) is 5.56 Å². The standard InChI is InChI=1S/C8H9ClN2/c9-6-8(11-10)7-4-2-1-3-5-7/h1-5H,6,10H2. The normalized spacial score (nSPS) is 11.5. The lowest BCUT2D eigenvalue weighted by Gasteiger charge is -1.98. The van der Waals surface area contributed by atoms with Crippen LogP contribution in [0.4, 0.5) is 0 Å². The van der Waals surface area contributed by atoms with Crippen LogP contribution in [-0.2, 0) is 0 Å². The highest BCUT2D eigenvalue weighted by molar-refractivity contribution is 6.31. The summed E-state index contributed by atoms with van der Waals surface area (Å²) >= 11 is 5.59. The Bertz CT molecular complexity index is 244. The smallest absolute Gasteiger partial charge is 0.0820 e. The molecular weight excluding hydrogens is 160 g/mol. The van der Waals surface area contributed by atoms with E-state index in [1.807, 2.05) is 30.3 Å². The van der Waals surface area contributed by atoms with Crippen molar-refractivity contribution < 1.29 is 0 Å². The summed E-state index contributed by atoms with van der Waals surface area (Å²) in [5, 5.41) is 3.56. The van der Waals surface area contributed by atoms with Gasteiger partial charge in [0.15, 0.2) is 0 Å². The SMILES string of the molecule is NN=C(CCl)c1ccccc1. The summed E-state index contributed by atoms with van der Waals surface area (Å²) in [6.45, 7) is 0. The molecule has 0 saturated carbocycles. The zero-order chi connectivity index (χ0) is 8.10. The van der Waals surface area contributed by atoms with Crippen LogP contribution < -0.4 is 5.84 Å². The molecular formula is C8H9ClN2. The lowest BCUT2D eigenvalue weighted by Crippen LogP contribution is -2.05. The Labute approximate surface area is 70.7 Å². The third kappa shape index (κ3) is 1.95. The second-order valence-electron chi connectivity index (χ2n) is 2.08. The fourth-order valence-electron chi connectivity index (χ4n) is 0.817. The second kappa shape index (κ2) is 3.98. The van der Waals surface area contributed by atoms with Gasteiger partial charge in [-0.2, -0.15) is 5.10 Å². The molecule has 1 aromatic carbocycles. The number of halogens is 1. The number of nitrogens with two attached hydrogens (primary N) is 1. The van der Waals surface area contributed by atoms with Gasteiger partial charge in [-0.1, -0.05) is 30.3 Å². The van der Waals surface area contributed by atoms with E-state index in [-0.39, 0.29) is 0 Å². The van der Waals surface area contributed by atoms with E-state index in [1.54, 1.807) is 0 Å². The van der Waals surface area contributed by atoms with Crippen molar-refractivity contribution in [3.63, 3.8) is 0 Å². The summed E-state index contributed by atoms with van der Waals surface area (Å²) < 4.78 is 0. The molecule has 1 aromatic rings. The summed E-state index contributed by atoms with van der Waals surface area (Å²) in [6.07, 6.45) is 0. The van der Waals surface area contributed by atoms with E-state index < -0.39 is 0 Å². The van der Waals surface area contributed by atoms with Gasteiger partial charge in [0.2, 0.25) is 0 Å². The molecule has 0 aliphatic rings. The van der Waals surface area contributed by atoms with Gasteiger partial charge in [0.05, 0.1) is 11.6 Å². The number of hydrogen-bond acceptors (Lipinski definition) is 2. The van der Waals surface area contributed by atoms with Crippen LogP contribution in [0, 0.1) is 0 Å². The molecule has 58 valence electrons. The van der Waals surface area contributed by atoms with Gasteiger partial charge in [-0.15, -0.1) is 11.6 Å². The predicted octanol–water partition coefficient (Wildman–Crippen LogP) is 1.59. The zero-order valence-electron chi connectivity index (χ0n) is 6.00. The Morgan fingerprint density at radius 1 is 1.36 bits per heavy atom. The van der Waals surface area contributed by atoms with Crippen LogP contribution in [0.1, 0.15) is 5.56 Å². The minimum atomic E-state index is 0.348. The van der Waals surface area contributed by atoms with E-state index >= 15 is 0 Å². The summed E-state index contributed by atoms with van der Waals surface area (Å²) in [7, 11) is 0. The number of hydrazone groups is 1. The quantitative estimate of drug-likeness (QED) is 0.310. The Kier molecular flexibility index (Phi) is 2.93. The van der Waals surface area contributed by atoms with Crippen molar-refractivity contribution in [2.75, 3.05) is 5.88 Å². The maximum Gasteiger partial charge on any atom is 0.0820 e. The van der Waals surface area contributed by atoms with Crippen LogP contribution in [-0.4, -0.2) is 11.6 Å². The molecule has 1 rings (SSSR count). The number of rotatable bonds is 2. The highest BCUT2D eigenvalue weighted by atomic mass is 35.5. The molecule has 2 nitrogen and oxygen atoms in total. The van der Waals surface area contributed by atoms with Gasteiger partial charge in [-0.25, -0.2) is 0 Å². The van der Waals surface area contributed by atoms with Gasteiger partial charge in [0.1, 0.15) is 0 Å². The Morgan fingerprint density at radius 3 is 2.45 bits per heavy atom. The molecule has 0 unspecified atom stereocenters. The average molecular weight is 169 g/mol. The molecule has 0 radical (unpaired) electrons. The lowest BCUT2D eigenvalue weighted by atomic mass is 10.1. The monoisotopic (exact) mass is 168 g/mol. The fourth-order valence-corrected chi connectivity index (χ4v) is 1.04. The van der Waals surface area contributed by atoms with Crippen molar-refractivity contribution in [3.8, 4) is 0 Å². The molecule has 0 aromatic heterocycles. The lowest BCUT2D eigenvalue weighted by molar-refractivity contribution is 1.24. The van der Waals surface area contributed by atoms with Crippen molar-refractivity contribution in [1.29, 1.82) is 0 Å². The molecule has 0 aliphatic heterocycles. The van der Waals surface area contributed by atoms with Gasteiger partial charge in [0, 0.05) is 0 Å². The molecule has 2 N–H and O–H groups in total. The van der Waals surface area contributed by atoms with Gasteiger partial charge in [-0.05, 0) is 5.56 Å². The number of nitrogens with zero attached hydrogens (tertiary/aromatic N) is 1. The fraction of sp³-hybridized carbons (Fsp3) is 0.125. The van der Waals surface area contributed by atoms with E-state index in [4.69, 9.17) is 17.4 Å².